The molecule has 0 saturated carbocycles. The first-order chi connectivity index (χ1) is 8.20. The molecule has 1 heterocycles. The van der Waals surface area contributed by atoms with E-state index in [1.54, 1.807) is 0 Å². The predicted molar refractivity (Wildman–Crippen MR) is 72.1 cm³/mol. The molecule has 17 heavy (non-hydrogen) atoms. The highest BCUT2D eigenvalue weighted by molar-refractivity contribution is 5.48. The maximum atomic E-state index is 5.90. The van der Waals surface area contributed by atoms with Crippen LogP contribution in [0.3, 0.4) is 0 Å². The van der Waals surface area contributed by atoms with Gasteiger partial charge in [0.25, 0.3) is 0 Å². The highest BCUT2D eigenvalue weighted by Crippen LogP contribution is 2.19. The lowest BCUT2D eigenvalue weighted by molar-refractivity contribution is 0.313. The summed E-state index contributed by atoms with van der Waals surface area (Å²) in [7, 11) is 2.17. The number of hydrogen-bond donors (Lipinski definition) is 2. The summed E-state index contributed by atoms with van der Waals surface area (Å²) < 4.78 is 0. The molecule has 0 amide bonds. The smallest absolute Gasteiger partial charge is 0.0419 e. The van der Waals surface area contributed by atoms with Crippen LogP contribution in [0.25, 0.3) is 0 Å². The normalized spacial score (nSPS) is 19.4. The number of piperazine rings is 1. The van der Waals surface area contributed by atoms with E-state index in [2.05, 4.69) is 41.1 Å². The molecule has 1 aliphatic rings. The largest absolute Gasteiger partial charge is 0.369 e. The quantitative estimate of drug-likeness (QED) is 0.794. The Hall–Kier alpha value is -1.10. The van der Waals surface area contributed by atoms with Gasteiger partial charge in [0, 0.05) is 44.5 Å². The molecule has 0 aromatic heterocycles. The Morgan fingerprint density at radius 3 is 2.24 bits per heavy atom. The number of rotatable bonds is 3. The minimum absolute atomic E-state index is 0.0449. The number of hydrogen-bond acceptors (Lipinski definition) is 4. The van der Waals surface area contributed by atoms with E-state index in [1.165, 1.54) is 5.69 Å². The molecule has 0 bridgehead atoms. The molecule has 1 saturated heterocycles. The Kier molecular flexibility index (Phi) is 3.99. The van der Waals surface area contributed by atoms with Crippen molar-refractivity contribution in [2.45, 2.75) is 6.04 Å². The van der Waals surface area contributed by atoms with Crippen molar-refractivity contribution in [3.8, 4) is 0 Å². The maximum absolute atomic E-state index is 5.90. The van der Waals surface area contributed by atoms with Crippen LogP contribution < -0.4 is 16.4 Å². The molecule has 1 aliphatic heterocycles. The standard InChI is InChI=1S/C13H22N4/c1-16-6-8-17(9-7-16)12-4-2-11(3-5-12)13(15)10-14/h2-5,13H,6-10,14-15H2,1H3/t13-/m0/s1. The summed E-state index contributed by atoms with van der Waals surface area (Å²) in [4.78, 5) is 4.77. The molecule has 0 spiro atoms. The molecule has 0 unspecified atom stereocenters. The molecule has 0 aliphatic carbocycles. The summed E-state index contributed by atoms with van der Waals surface area (Å²) in [5.74, 6) is 0. The third kappa shape index (κ3) is 2.97. The molecular weight excluding hydrogens is 212 g/mol. The van der Waals surface area contributed by atoms with Gasteiger partial charge in [0.2, 0.25) is 0 Å². The highest BCUT2D eigenvalue weighted by Gasteiger charge is 2.14. The number of benzene rings is 1. The van der Waals surface area contributed by atoms with Crippen molar-refractivity contribution in [1.82, 2.24) is 4.90 Å². The van der Waals surface area contributed by atoms with Crippen LogP contribution in [0.15, 0.2) is 24.3 Å². The van der Waals surface area contributed by atoms with Gasteiger partial charge in [-0.15, -0.1) is 0 Å². The Morgan fingerprint density at radius 2 is 1.71 bits per heavy atom. The second-order valence-electron chi connectivity index (χ2n) is 4.72. The Balaban J connectivity index is 2.02. The first-order valence-electron chi connectivity index (χ1n) is 6.20. The van der Waals surface area contributed by atoms with Crippen LogP contribution in [0.1, 0.15) is 11.6 Å². The number of anilines is 1. The van der Waals surface area contributed by atoms with Crippen molar-refractivity contribution < 1.29 is 0 Å². The van der Waals surface area contributed by atoms with E-state index in [9.17, 15) is 0 Å². The number of nitrogens with two attached hydrogens (primary N) is 2. The fourth-order valence-corrected chi connectivity index (χ4v) is 2.13. The van der Waals surface area contributed by atoms with E-state index in [0.29, 0.717) is 6.54 Å². The number of nitrogens with zero attached hydrogens (tertiary/aromatic N) is 2. The van der Waals surface area contributed by atoms with Crippen molar-refractivity contribution in [2.75, 3.05) is 44.7 Å². The van der Waals surface area contributed by atoms with Crippen molar-refractivity contribution in [3.05, 3.63) is 29.8 Å². The molecule has 1 atom stereocenters. The predicted octanol–water partition coefficient (Wildman–Crippen LogP) is 0.397. The summed E-state index contributed by atoms with van der Waals surface area (Å²) in [5.41, 5.74) is 13.9. The lowest BCUT2D eigenvalue weighted by Gasteiger charge is -2.34. The summed E-state index contributed by atoms with van der Waals surface area (Å²) in [6, 6.07) is 8.43. The van der Waals surface area contributed by atoms with Crippen LogP contribution in [-0.2, 0) is 0 Å². The lowest BCUT2D eigenvalue weighted by atomic mass is 10.1. The molecule has 1 fully saturated rings. The van der Waals surface area contributed by atoms with Gasteiger partial charge in [-0.2, -0.15) is 0 Å². The number of likely N-dealkylation sites (N-methyl/N-ethyl adjacent to an activating group) is 1. The zero-order chi connectivity index (χ0) is 12.3. The van der Waals surface area contributed by atoms with Gasteiger partial charge in [-0.25, -0.2) is 0 Å². The van der Waals surface area contributed by atoms with Crippen molar-refractivity contribution in [3.63, 3.8) is 0 Å². The van der Waals surface area contributed by atoms with E-state index < -0.39 is 0 Å². The third-order valence-electron chi connectivity index (χ3n) is 3.44. The fraction of sp³-hybridized carbons (Fsp3) is 0.538. The highest BCUT2D eigenvalue weighted by atomic mass is 15.2. The van der Waals surface area contributed by atoms with Crippen LogP contribution in [0, 0.1) is 0 Å². The summed E-state index contributed by atoms with van der Waals surface area (Å²) >= 11 is 0. The average Bonchev–Trinajstić information content (AvgIpc) is 2.39. The van der Waals surface area contributed by atoms with Gasteiger partial charge in [-0.1, -0.05) is 12.1 Å². The minimum atomic E-state index is -0.0449. The molecule has 2 rings (SSSR count). The van der Waals surface area contributed by atoms with Crippen LogP contribution >= 0.6 is 0 Å². The fourth-order valence-electron chi connectivity index (χ4n) is 2.13. The van der Waals surface area contributed by atoms with Crippen molar-refractivity contribution >= 4 is 5.69 Å². The van der Waals surface area contributed by atoms with Gasteiger partial charge >= 0.3 is 0 Å². The molecule has 94 valence electrons. The van der Waals surface area contributed by atoms with Gasteiger partial charge < -0.3 is 21.3 Å². The second-order valence-corrected chi connectivity index (χ2v) is 4.72. The summed E-state index contributed by atoms with van der Waals surface area (Å²) in [6.07, 6.45) is 0. The van der Waals surface area contributed by atoms with E-state index in [0.717, 1.165) is 31.7 Å². The molecule has 1 aromatic carbocycles. The molecule has 1 aromatic rings. The van der Waals surface area contributed by atoms with Gasteiger partial charge in [0.05, 0.1) is 0 Å². The van der Waals surface area contributed by atoms with Crippen LogP contribution in [0.5, 0.6) is 0 Å². The monoisotopic (exact) mass is 234 g/mol. The van der Waals surface area contributed by atoms with E-state index in [-0.39, 0.29) is 6.04 Å². The van der Waals surface area contributed by atoms with Crippen molar-refractivity contribution in [1.29, 1.82) is 0 Å². The van der Waals surface area contributed by atoms with E-state index in [4.69, 9.17) is 11.5 Å². The maximum Gasteiger partial charge on any atom is 0.0419 e. The molecule has 4 nitrogen and oxygen atoms in total. The van der Waals surface area contributed by atoms with Gasteiger partial charge in [-0.05, 0) is 24.7 Å². The van der Waals surface area contributed by atoms with Gasteiger partial charge in [-0.3, -0.25) is 0 Å². The second kappa shape index (κ2) is 5.49. The summed E-state index contributed by atoms with van der Waals surface area (Å²) in [6.45, 7) is 4.94. The topological polar surface area (TPSA) is 58.5 Å². The van der Waals surface area contributed by atoms with Crippen molar-refractivity contribution in [2.24, 2.45) is 11.5 Å². The summed E-state index contributed by atoms with van der Waals surface area (Å²) in [5, 5.41) is 0. The molecular formula is C13H22N4. The first kappa shape index (κ1) is 12.4. The average molecular weight is 234 g/mol. The zero-order valence-corrected chi connectivity index (χ0v) is 10.5. The Bertz CT molecular complexity index is 341. The lowest BCUT2D eigenvalue weighted by Crippen LogP contribution is -2.44. The van der Waals surface area contributed by atoms with Gasteiger partial charge in [0.1, 0.15) is 0 Å². The first-order valence-corrected chi connectivity index (χ1v) is 6.20. The van der Waals surface area contributed by atoms with Crippen LogP contribution in [0.2, 0.25) is 0 Å². The van der Waals surface area contributed by atoms with E-state index >= 15 is 0 Å². The SMILES string of the molecule is CN1CCN(c2ccc([C@@H](N)CN)cc2)CC1. The minimum Gasteiger partial charge on any atom is -0.369 e. The molecule has 4 heteroatoms. The zero-order valence-electron chi connectivity index (χ0n) is 10.5. The van der Waals surface area contributed by atoms with Crippen LogP contribution in [-0.4, -0.2) is 44.7 Å². The molecule has 4 N–H and O–H groups in total. The van der Waals surface area contributed by atoms with Crippen LogP contribution in [0.4, 0.5) is 5.69 Å². The van der Waals surface area contributed by atoms with Gasteiger partial charge in [0.15, 0.2) is 0 Å². The molecule has 0 radical (unpaired) electrons. The third-order valence-corrected chi connectivity index (χ3v) is 3.44. The van der Waals surface area contributed by atoms with E-state index in [1.807, 2.05) is 0 Å². The Labute approximate surface area is 103 Å². The Morgan fingerprint density at radius 1 is 1.12 bits per heavy atom.